The van der Waals surface area contributed by atoms with Crippen molar-refractivity contribution in [2.45, 2.75) is 32.4 Å². The smallest absolute Gasteiger partial charge is 0.194 e. The van der Waals surface area contributed by atoms with Gasteiger partial charge in [0.15, 0.2) is 5.96 Å². The van der Waals surface area contributed by atoms with Crippen molar-refractivity contribution in [3.05, 3.63) is 65.2 Å². The van der Waals surface area contributed by atoms with Gasteiger partial charge < -0.3 is 19.7 Å². The van der Waals surface area contributed by atoms with Crippen molar-refractivity contribution in [1.82, 2.24) is 15.1 Å². The average Bonchev–Trinajstić information content (AvgIpc) is 3.33. The Balaban J connectivity index is 1.34. The Morgan fingerprint density at radius 1 is 1.03 bits per heavy atom. The lowest BCUT2D eigenvalue weighted by molar-refractivity contribution is 0.0342. The van der Waals surface area contributed by atoms with E-state index in [4.69, 9.17) is 14.5 Å². The fraction of sp³-hybridized carbons (Fsp3) is 0.500. The van der Waals surface area contributed by atoms with Crippen molar-refractivity contribution < 1.29 is 9.47 Å². The van der Waals surface area contributed by atoms with E-state index in [0.29, 0.717) is 12.5 Å². The third-order valence-corrected chi connectivity index (χ3v) is 6.35. The first-order chi connectivity index (χ1) is 15.7. The SMILES string of the molecule is CCNC(=NCc1ccc(CN2CCOCC2)cc1)N1CCC(c2ccc(OC)cc2)C1. The molecule has 6 nitrogen and oxygen atoms in total. The molecule has 0 aromatic heterocycles. The molecule has 2 aromatic carbocycles. The topological polar surface area (TPSA) is 49.3 Å². The Morgan fingerprint density at radius 3 is 2.44 bits per heavy atom. The molecule has 2 aliphatic heterocycles. The maximum absolute atomic E-state index is 5.44. The Morgan fingerprint density at radius 2 is 1.75 bits per heavy atom. The molecule has 0 radical (unpaired) electrons. The van der Waals surface area contributed by atoms with Crippen LogP contribution in [0.4, 0.5) is 0 Å². The number of benzene rings is 2. The van der Waals surface area contributed by atoms with Crippen LogP contribution >= 0.6 is 0 Å². The van der Waals surface area contributed by atoms with E-state index in [0.717, 1.165) is 70.6 Å². The molecule has 0 aliphatic carbocycles. The fourth-order valence-corrected chi connectivity index (χ4v) is 4.46. The summed E-state index contributed by atoms with van der Waals surface area (Å²) >= 11 is 0. The maximum atomic E-state index is 5.44. The predicted octanol–water partition coefficient (Wildman–Crippen LogP) is 3.48. The molecule has 32 heavy (non-hydrogen) atoms. The van der Waals surface area contributed by atoms with Crippen LogP contribution in [0.15, 0.2) is 53.5 Å². The van der Waals surface area contributed by atoms with Gasteiger partial charge in [0.2, 0.25) is 0 Å². The van der Waals surface area contributed by atoms with Gasteiger partial charge in [-0.1, -0.05) is 36.4 Å². The maximum Gasteiger partial charge on any atom is 0.194 e. The van der Waals surface area contributed by atoms with Gasteiger partial charge in [-0.05, 0) is 42.2 Å². The number of guanidine groups is 1. The average molecular weight is 437 g/mol. The minimum Gasteiger partial charge on any atom is -0.497 e. The number of ether oxygens (including phenoxy) is 2. The quantitative estimate of drug-likeness (QED) is 0.532. The second-order valence-corrected chi connectivity index (χ2v) is 8.58. The number of likely N-dealkylation sites (tertiary alicyclic amines) is 1. The van der Waals surface area contributed by atoms with E-state index in [1.54, 1.807) is 7.11 Å². The molecule has 0 saturated carbocycles. The van der Waals surface area contributed by atoms with Gasteiger partial charge in [-0.3, -0.25) is 4.90 Å². The van der Waals surface area contributed by atoms with E-state index in [9.17, 15) is 0 Å². The number of nitrogens with zero attached hydrogens (tertiary/aromatic N) is 3. The number of nitrogens with one attached hydrogen (secondary N) is 1. The zero-order valence-electron chi connectivity index (χ0n) is 19.4. The molecule has 172 valence electrons. The van der Waals surface area contributed by atoms with Gasteiger partial charge in [-0.2, -0.15) is 0 Å². The first kappa shape index (κ1) is 22.6. The minimum atomic E-state index is 0.532. The fourth-order valence-electron chi connectivity index (χ4n) is 4.46. The van der Waals surface area contributed by atoms with Crippen molar-refractivity contribution in [2.24, 2.45) is 4.99 Å². The van der Waals surface area contributed by atoms with Gasteiger partial charge in [0.1, 0.15) is 5.75 Å². The van der Waals surface area contributed by atoms with Gasteiger partial charge in [-0.25, -0.2) is 4.99 Å². The molecule has 0 spiro atoms. The Hall–Kier alpha value is -2.57. The molecule has 1 unspecified atom stereocenters. The van der Waals surface area contributed by atoms with Crippen LogP contribution in [0.1, 0.15) is 36.0 Å². The molecule has 4 rings (SSSR count). The summed E-state index contributed by atoms with van der Waals surface area (Å²) in [5.41, 5.74) is 3.98. The minimum absolute atomic E-state index is 0.532. The Bertz CT molecular complexity index is 860. The molecular formula is C26H36N4O2. The van der Waals surface area contributed by atoms with Gasteiger partial charge >= 0.3 is 0 Å². The van der Waals surface area contributed by atoms with Crippen molar-refractivity contribution in [1.29, 1.82) is 0 Å². The molecule has 2 fully saturated rings. The second-order valence-electron chi connectivity index (χ2n) is 8.58. The van der Waals surface area contributed by atoms with Gasteiger partial charge in [0, 0.05) is 45.2 Å². The summed E-state index contributed by atoms with van der Waals surface area (Å²) in [4.78, 5) is 9.80. The van der Waals surface area contributed by atoms with Gasteiger partial charge in [0.05, 0.1) is 26.9 Å². The first-order valence-corrected chi connectivity index (χ1v) is 11.8. The van der Waals surface area contributed by atoms with Crippen molar-refractivity contribution in [3.63, 3.8) is 0 Å². The molecule has 1 N–H and O–H groups in total. The molecule has 6 heteroatoms. The molecular weight excluding hydrogens is 400 g/mol. The number of rotatable bonds is 7. The monoisotopic (exact) mass is 436 g/mol. The molecule has 2 aromatic rings. The molecule has 2 heterocycles. The summed E-state index contributed by atoms with van der Waals surface area (Å²) in [6.07, 6.45) is 1.15. The highest BCUT2D eigenvalue weighted by Gasteiger charge is 2.26. The number of aliphatic imine (C=N–C) groups is 1. The predicted molar refractivity (Wildman–Crippen MR) is 129 cm³/mol. The third-order valence-electron chi connectivity index (χ3n) is 6.35. The summed E-state index contributed by atoms with van der Waals surface area (Å²) in [6, 6.07) is 17.4. The van der Waals surface area contributed by atoms with E-state index in [-0.39, 0.29) is 0 Å². The normalized spacial score (nSPS) is 19.9. The molecule has 0 amide bonds. The summed E-state index contributed by atoms with van der Waals surface area (Å²) in [5, 5.41) is 3.49. The summed E-state index contributed by atoms with van der Waals surface area (Å²) in [6.45, 7) is 10.5. The standard InChI is InChI=1S/C26H36N4O2/c1-3-27-26(30-13-12-24(20-30)23-8-10-25(31-2)11-9-23)28-18-21-4-6-22(7-5-21)19-29-14-16-32-17-15-29/h4-11,24H,3,12-20H2,1-2H3,(H,27,28). The van der Waals surface area contributed by atoms with Crippen LogP contribution in [0.5, 0.6) is 5.75 Å². The lowest BCUT2D eigenvalue weighted by atomic mass is 9.98. The van der Waals surface area contributed by atoms with Crippen LogP contribution in [-0.4, -0.2) is 68.8 Å². The van der Waals surface area contributed by atoms with Crippen LogP contribution in [0, 0.1) is 0 Å². The van der Waals surface area contributed by atoms with Crippen molar-refractivity contribution in [3.8, 4) is 5.75 Å². The van der Waals surface area contributed by atoms with Crippen LogP contribution < -0.4 is 10.1 Å². The van der Waals surface area contributed by atoms with E-state index < -0.39 is 0 Å². The lowest BCUT2D eigenvalue weighted by Crippen LogP contribution is -2.40. The zero-order valence-corrected chi connectivity index (χ0v) is 19.4. The molecule has 1 atom stereocenters. The lowest BCUT2D eigenvalue weighted by Gasteiger charge is -2.26. The van der Waals surface area contributed by atoms with Gasteiger partial charge in [0.25, 0.3) is 0 Å². The summed E-state index contributed by atoms with van der Waals surface area (Å²) in [7, 11) is 1.71. The largest absolute Gasteiger partial charge is 0.497 e. The third kappa shape index (κ3) is 6.02. The van der Waals surface area contributed by atoms with Crippen molar-refractivity contribution in [2.75, 3.05) is 53.0 Å². The summed E-state index contributed by atoms with van der Waals surface area (Å²) in [5.74, 6) is 2.46. The van der Waals surface area contributed by atoms with E-state index in [1.165, 1.54) is 16.7 Å². The number of morpholine rings is 1. The van der Waals surface area contributed by atoms with Crippen LogP contribution in [0.25, 0.3) is 0 Å². The van der Waals surface area contributed by atoms with E-state index in [2.05, 4.69) is 70.6 Å². The highest BCUT2D eigenvalue weighted by atomic mass is 16.5. The molecule has 0 bridgehead atoms. The number of hydrogen-bond donors (Lipinski definition) is 1. The van der Waals surface area contributed by atoms with E-state index in [1.807, 2.05) is 0 Å². The highest BCUT2D eigenvalue weighted by Crippen LogP contribution is 2.28. The van der Waals surface area contributed by atoms with Crippen LogP contribution in [-0.2, 0) is 17.8 Å². The molecule has 2 aliphatic rings. The van der Waals surface area contributed by atoms with Crippen molar-refractivity contribution >= 4 is 5.96 Å². The zero-order chi connectivity index (χ0) is 22.2. The molecule has 2 saturated heterocycles. The van der Waals surface area contributed by atoms with E-state index >= 15 is 0 Å². The number of methoxy groups -OCH3 is 1. The highest BCUT2D eigenvalue weighted by molar-refractivity contribution is 5.80. The second kappa shape index (κ2) is 11.3. The van der Waals surface area contributed by atoms with Crippen LogP contribution in [0.2, 0.25) is 0 Å². The Labute approximate surface area is 192 Å². The van der Waals surface area contributed by atoms with Gasteiger partial charge in [-0.15, -0.1) is 0 Å². The van der Waals surface area contributed by atoms with Crippen LogP contribution in [0.3, 0.4) is 0 Å². The summed E-state index contributed by atoms with van der Waals surface area (Å²) < 4.78 is 10.7. The first-order valence-electron chi connectivity index (χ1n) is 11.8. The Kier molecular flexibility index (Phi) is 8.02. The number of hydrogen-bond acceptors (Lipinski definition) is 4.